The maximum absolute atomic E-state index is 12.4. The maximum Gasteiger partial charge on any atom is 0.270 e. The summed E-state index contributed by atoms with van der Waals surface area (Å²) in [4.78, 5) is 18.0. The zero-order valence-corrected chi connectivity index (χ0v) is 15.3. The molecule has 3 rings (SSSR count). The monoisotopic (exact) mass is 361 g/mol. The van der Waals surface area contributed by atoms with Gasteiger partial charge >= 0.3 is 0 Å². The van der Waals surface area contributed by atoms with E-state index in [1.54, 1.807) is 0 Å². The lowest BCUT2D eigenvalue weighted by Crippen LogP contribution is -2.38. The summed E-state index contributed by atoms with van der Waals surface area (Å²) < 4.78 is 0.104. The molecule has 0 atom stereocenters. The highest BCUT2D eigenvalue weighted by Gasteiger charge is 2.35. The zero-order chi connectivity index (χ0) is 16.8. The Morgan fingerprint density at radius 2 is 2.04 bits per heavy atom. The Morgan fingerprint density at radius 3 is 2.75 bits per heavy atom. The predicted molar refractivity (Wildman–Crippen MR) is 101 cm³/mol. The van der Waals surface area contributed by atoms with Crippen LogP contribution in [0, 0.1) is 0 Å². The third kappa shape index (κ3) is 4.37. The molecule has 1 aliphatic rings. The molecule has 0 bridgehead atoms. The first-order valence-corrected chi connectivity index (χ1v) is 10.1. The van der Waals surface area contributed by atoms with E-state index in [-0.39, 0.29) is 10.7 Å². The summed E-state index contributed by atoms with van der Waals surface area (Å²) in [7, 11) is 0. The quantitative estimate of drug-likeness (QED) is 0.792. The first-order chi connectivity index (χ1) is 11.7. The van der Waals surface area contributed by atoms with Gasteiger partial charge in [-0.25, -0.2) is 4.98 Å². The third-order valence-electron chi connectivity index (χ3n) is 4.31. The first kappa shape index (κ1) is 17.5. The molecule has 1 heterocycles. The number of benzene rings is 1. The number of rotatable bonds is 7. The van der Waals surface area contributed by atoms with E-state index in [1.165, 1.54) is 29.1 Å². The van der Waals surface area contributed by atoms with Gasteiger partial charge in [-0.3, -0.25) is 4.79 Å². The van der Waals surface area contributed by atoms with Gasteiger partial charge in [-0.2, -0.15) is 0 Å². The van der Waals surface area contributed by atoms with E-state index < -0.39 is 0 Å². The van der Waals surface area contributed by atoms with Gasteiger partial charge in [0.15, 0.2) is 0 Å². The number of nitrogens with zero attached hydrogens (tertiary/aromatic N) is 1. The molecule has 0 aliphatic heterocycles. The van der Waals surface area contributed by atoms with Crippen molar-refractivity contribution in [2.24, 2.45) is 5.73 Å². The van der Waals surface area contributed by atoms with Crippen LogP contribution in [0.5, 0.6) is 0 Å². The van der Waals surface area contributed by atoms with Gasteiger partial charge in [0, 0.05) is 28.0 Å². The number of nitrogens with one attached hydrogen (secondary N) is 1. The zero-order valence-electron chi connectivity index (χ0n) is 13.7. The van der Waals surface area contributed by atoms with Gasteiger partial charge in [0.25, 0.3) is 5.91 Å². The SMILES string of the molecule is NCCc1nc(C(=O)NCC2(Sc3ccccc3)CCCC2)cs1. The number of aromatic nitrogens is 1. The molecule has 0 radical (unpaired) electrons. The molecule has 1 aromatic carbocycles. The van der Waals surface area contributed by atoms with E-state index in [0.29, 0.717) is 18.8 Å². The summed E-state index contributed by atoms with van der Waals surface area (Å²) in [5.41, 5.74) is 6.06. The van der Waals surface area contributed by atoms with Crippen molar-refractivity contribution in [1.29, 1.82) is 0 Å². The smallest absolute Gasteiger partial charge is 0.270 e. The average molecular weight is 362 g/mol. The lowest BCUT2D eigenvalue weighted by Gasteiger charge is -2.28. The van der Waals surface area contributed by atoms with Crippen LogP contribution in [-0.2, 0) is 6.42 Å². The van der Waals surface area contributed by atoms with E-state index >= 15 is 0 Å². The largest absolute Gasteiger partial charge is 0.349 e. The van der Waals surface area contributed by atoms with Gasteiger partial charge < -0.3 is 11.1 Å². The molecule has 3 N–H and O–H groups in total. The number of carbonyl (C=O) groups excluding carboxylic acids is 1. The molecule has 0 saturated heterocycles. The van der Waals surface area contributed by atoms with Crippen LogP contribution >= 0.6 is 23.1 Å². The Kier molecular flexibility index (Phi) is 5.92. The van der Waals surface area contributed by atoms with Crippen molar-refractivity contribution >= 4 is 29.0 Å². The Balaban J connectivity index is 1.62. The number of hydrogen-bond donors (Lipinski definition) is 2. The summed E-state index contributed by atoms with van der Waals surface area (Å²) >= 11 is 3.41. The molecule has 1 aliphatic carbocycles. The fraction of sp³-hybridized carbons (Fsp3) is 0.444. The molecule has 128 valence electrons. The number of thiazole rings is 1. The molecule has 24 heavy (non-hydrogen) atoms. The van der Waals surface area contributed by atoms with Gasteiger partial charge in [-0.15, -0.1) is 23.1 Å². The summed E-state index contributed by atoms with van der Waals surface area (Å²) in [6.45, 7) is 1.25. The minimum atomic E-state index is -0.0746. The molecule has 1 aromatic heterocycles. The van der Waals surface area contributed by atoms with E-state index in [9.17, 15) is 4.79 Å². The van der Waals surface area contributed by atoms with Crippen LogP contribution < -0.4 is 11.1 Å². The van der Waals surface area contributed by atoms with E-state index in [2.05, 4.69) is 34.6 Å². The van der Waals surface area contributed by atoms with E-state index in [0.717, 1.165) is 24.3 Å². The van der Waals surface area contributed by atoms with Crippen molar-refractivity contribution in [3.05, 3.63) is 46.4 Å². The van der Waals surface area contributed by atoms with Gasteiger partial charge in [-0.05, 0) is 31.5 Å². The fourth-order valence-corrected chi connectivity index (χ4v) is 5.28. The Labute approximate surface area is 151 Å². The Bertz CT molecular complexity index is 666. The molecule has 1 amide bonds. The van der Waals surface area contributed by atoms with Crippen molar-refractivity contribution in [3.8, 4) is 0 Å². The average Bonchev–Trinajstić information content (AvgIpc) is 3.24. The van der Waals surface area contributed by atoms with Crippen molar-refractivity contribution in [3.63, 3.8) is 0 Å². The second-order valence-electron chi connectivity index (χ2n) is 6.15. The van der Waals surface area contributed by atoms with Crippen LogP contribution in [0.4, 0.5) is 0 Å². The van der Waals surface area contributed by atoms with Crippen molar-refractivity contribution in [1.82, 2.24) is 10.3 Å². The Hall–Kier alpha value is -1.37. The van der Waals surface area contributed by atoms with Gasteiger partial charge in [-0.1, -0.05) is 31.0 Å². The number of carbonyl (C=O) groups is 1. The molecule has 1 saturated carbocycles. The van der Waals surface area contributed by atoms with E-state index in [4.69, 9.17) is 5.73 Å². The molecule has 1 fully saturated rings. The molecular weight excluding hydrogens is 338 g/mol. The summed E-state index contributed by atoms with van der Waals surface area (Å²) in [5, 5.41) is 5.86. The summed E-state index contributed by atoms with van der Waals surface area (Å²) in [5.74, 6) is -0.0746. The Morgan fingerprint density at radius 1 is 1.29 bits per heavy atom. The van der Waals surface area contributed by atoms with Crippen molar-refractivity contribution in [2.45, 2.75) is 41.7 Å². The maximum atomic E-state index is 12.4. The molecule has 6 heteroatoms. The van der Waals surface area contributed by atoms with Crippen LogP contribution in [-0.4, -0.2) is 28.7 Å². The standard InChI is InChI=1S/C18H23N3OS2/c19-11-8-16-21-15(12-23-16)17(22)20-13-18(9-4-5-10-18)24-14-6-2-1-3-7-14/h1-3,6-7,12H,4-5,8-11,13,19H2,(H,20,22). The second-order valence-corrected chi connectivity index (χ2v) is 8.64. The number of hydrogen-bond acceptors (Lipinski definition) is 5. The van der Waals surface area contributed by atoms with Crippen LogP contribution in [0.15, 0.2) is 40.6 Å². The van der Waals surface area contributed by atoms with Crippen molar-refractivity contribution in [2.75, 3.05) is 13.1 Å². The third-order valence-corrected chi connectivity index (χ3v) is 6.71. The normalized spacial score (nSPS) is 16.2. The van der Waals surface area contributed by atoms with E-state index in [1.807, 2.05) is 23.2 Å². The van der Waals surface area contributed by atoms with Crippen molar-refractivity contribution < 1.29 is 4.79 Å². The molecule has 0 spiro atoms. The van der Waals surface area contributed by atoms with Gasteiger partial charge in [0.2, 0.25) is 0 Å². The molecular formula is C18H23N3OS2. The predicted octanol–water partition coefficient (Wildman–Crippen LogP) is 3.48. The highest BCUT2D eigenvalue weighted by molar-refractivity contribution is 8.00. The van der Waals surface area contributed by atoms with Crippen LogP contribution in [0.25, 0.3) is 0 Å². The second kappa shape index (κ2) is 8.14. The lowest BCUT2D eigenvalue weighted by atomic mass is 10.1. The number of thioether (sulfide) groups is 1. The summed E-state index contributed by atoms with van der Waals surface area (Å²) in [6, 6.07) is 10.5. The lowest BCUT2D eigenvalue weighted by molar-refractivity contribution is 0.0945. The first-order valence-electron chi connectivity index (χ1n) is 8.37. The number of amides is 1. The van der Waals surface area contributed by atoms with Gasteiger partial charge in [0.1, 0.15) is 5.69 Å². The minimum Gasteiger partial charge on any atom is -0.349 e. The highest BCUT2D eigenvalue weighted by atomic mass is 32.2. The minimum absolute atomic E-state index is 0.0746. The molecule has 4 nitrogen and oxygen atoms in total. The van der Waals surface area contributed by atoms with Gasteiger partial charge in [0.05, 0.1) is 5.01 Å². The van der Waals surface area contributed by atoms with Crippen LogP contribution in [0.3, 0.4) is 0 Å². The van der Waals surface area contributed by atoms with Crippen LogP contribution in [0.1, 0.15) is 41.2 Å². The summed E-state index contributed by atoms with van der Waals surface area (Å²) in [6.07, 6.45) is 5.47. The number of nitrogens with two attached hydrogens (primary N) is 1. The molecule has 2 aromatic rings. The topological polar surface area (TPSA) is 68.0 Å². The van der Waals surface area contributed by atoms with Crippen LogP contribution in [0.2, 0.25) is 0 Å². The highest BCUT2D eigenvalue weighted by Crippen LogP contribution is 2.44. The molecule has 0 unspecified atom stereocenters. The fourth-order valence-electron chi connectivity index (χ4n) is 3.06.